The molecule has 8 heteroatoms. The van der Waals surface area contributed by atoms with Crippen LogP contribution >= 0.6 is 15.9 Å². The number of carbonyl (C=O) groups excluding carboxylic acids is 2. The first-order valence-corrected chi connectivity index (χ1v) is 10.0. The van der Waals surface area contributed by atoms with Crippen molar-refractivity contribution in [1.29, 1.82) is 0 Å². The summed E-state index contributed by atoms with van der Waals surface area (Å²) in [5, 5.41) is 2.75. The molecule has 3 rings (SSSR count). The van der Waals surface area contributed by atoms with Gasteiger partial charge < -0.3 is 10.2 Å². The first-order valence-electron chi connectivity index (χ1n) is 9.23. The number of hydrogen-bond donors (Lipinski definition) is 1. The minimum absolute atomic E-state index is 0.115. The summed E-state index contributed by atoms with van der Waals surface area (Å²) in [6.45, 7) is 0.115. The Bertz CT molecular complexity index is 1100. The summed E-state index contributed by atoms with van der Waals surface area (Å²) in [5.41, 5.74) is 0.844. The molecule has 0 saturated heterocycles. The molecule has 0 unspecified atom stereocenters. The van der Waals surface area contributed by atoms with Crippen molar-refractivity contribution in [2.75, 3.05) is 12.4 Å². The van der Waals surface area contributed by atoms with Crippen LogP contribution in [0.1, 0.15) is 31.8 Å². The molecule has 0 heterocycles. The van der Waals surface area contributed by atoms with Gasteiger partial charge in [0.15, 0.2) is 0 Å². The number of amides is 2. The van der Waals surface area contributed by atoms with E-state index in [1.165, 1.54) is 17.0 Å². The van der Waals surface area contributed by atoms with Gasteiger partial charge in [-0.15, -0.1) is 0 Å². The number of nitrogens with zero attached hydrogens (tertiary/aromatic N) is 1. The lowest BCUT2D eigenvalue weighted by Gasteiger charge is -2.20. The van der Waals surface area contributed by atoms with Crippen LogP contribution in [0.25, 0.3) is 0 Å². The maximum Gasteiger partial charge on any atom is 0.416 e. The molecular formula is C23H18BrF3N2O2. The molecule has 0 spiro atoms. The summed E-state index contributed by atoms with van der Waals surface area (Å²) in [4.78, 5) is 27.0. The Morgan fingerprint density at radius 2 is 1.48 bits per heavy atom. The Morgan fingerprint density at radius 1 is 0.903 bits per heavy atom. The lowest BCUT2D eigenvalue weighted by atomic mass is 10.1. The molecular weight excluding hydrogens is 473 g/mol. The van der Waals surface area contributed by atoms with E-state index in [2.05, 4.69) is 21.2 Å². The van der Waals surface area contributed by atoms with E-state index in [1.807, 2.05) is 0 Å². The van der Waals surface area contributed by atoms with Crippen LogP contribution in [-0.4, -0.2) is 23.8 Å². The lowest BCUT2D eigenvalue weighted by Crippen LogP contribution is -2.27. The third-order valence-corrected chi connectivity index (χ3v) is 5.26. The van der Waals surface area contributed by atoms with Crippen LogP contribution in [0.3, 0.4) is 0 Å². The van der Waals surface area contributed by atoms with Crippen molar-refractivity contribution in [3.8, 4) is 0 Å². The maximum absolute atomic E-state index is 13.0. The summed E-state index contributed by atoms with van der Waals surface area (Å²) in [6, 6.07) is 18.1. The number of anilines is 1. The van der Waals surface area contributed by atoms with Crippen LogP contribution in [-0.2, 0) is 12.7 Å². The van der Waals surface area contributed by atoms with E-state index >= 15 is 0 Å². The average molecular weight is 491 g/mol. The van der Waals surface area contributed by atoms with E-state index in [9.17, 15) is 22.8 Å². The van der Waals surface area contributed by atoms with Crippen molar-refractivity contribution in [2.45, 2.75) is 12.7 Å². The molecule has 0 bridgehead atoms. The first kappa shape index (κ1) is 22.6. The Kier molecular flexibility index (Phi) is 6.80. The molecule has 0 radical (unpaired) electrons. The van der Waals surface area contributed by atoms with Gasteiger partial charge in [-0.1, -0.05) is 36.4 Å². The van der Waals surface area contributed by atoms with Gasteiger partial charge in [-0.05, 0) is 57.9 Å². The van der Waals surface area contributed by atoms with Crippen molar-refractivity contribution in [3.05, 3.63) is 99.5 Å². The molecule has 0 aliphatic rings. The summed E-state index contributed by atoms with van der Waals surface area (Å²) in [6.07, 6.45) is -4.41. The fraction of sp³-hybridized carbons (Fsp3) is 0.130. The first-order chi connectivity index (χ1) is 14.7. The number of halogens is 4. The van der Waals surface area contributed by atoms with Crippen molar-refractivity contribution >= 4 is 33.4 Å². The number of benzene rings is 3. The van der Waals surface area contributed by atoms with Crippen LogP contribution < -0.4 is 5.32 Å². The van der Waals surface area contributed by atoms with Gasteiger partial charge in [0.1, 0.15) is 0 Å². The minimum atomic E-state index is -4.41. The molecule has 0 atom stereocenters. The highest BCUT2D eigenvalue weighted by atomic mass is 79.9. The highest BCUT2D eigenvalue weighted by Crippen LogP contribution is 2.29. The van der Waals surface area contributed by atoms with E-state index in [-0.39, 0.29) is 23.9 Å². The molecule has 0 fully saturated rings. The SMILES string of the molecule is CN(Cc1ccc(C(F)(F)F)cc1)C(=O)c1ccccc1NC(=O)c1ccccc1Br. The molecule has 160 valence electrons. The van der Waals surface area contributed by atoms with E-state index < -0.39 is 11.7 Å². The van der Waals surface area contributed by atoms with Crippen molar-refractivity contribution in [3.63, 3.8) is 0 Å². The van der Waals surface area contributed by atoms with Crippen LogP contribution in [0, 0.1) is 0 Å². The molecule has 4 nitrogen and oxygen atoms in total. The lowest BCUT2D eigenvalue weighted by molar-refractivity contribution is -0.137. The second-order valence-electron chi connectivity index (χ2n) is 6.84. The van der Waals surface area contributed by atoms with Gasteiger partial charge in [-0.2, -0.15) is 13.2 Å². The molecule has 3 aromatic rings. The Labute approximate surface area is 185 Å². The topological polar surface area (TPSA) is 49.4 Å². The Balaban J connectivity index is 1.76. The van der Waals surface area contributed by atoms with E-state index in [1.54, 1.807) is 55.6 Å². The zero-order chi connectivity index (χ0) is 22.6. The smallest absolute Gasteiger partial charge is 0.337 e. The quantitative estimate of drug-likeness (QED) is 0.477. The fourth-order valence-electron chi connectivity index (χ4n) is 2.96. The molecule has 3 aromatic carbocycles. The molecule has 31 heavy (non-hydrogen) atoms. The number of alkyl halides is 3. The summed E-state index contributed by atoms with van der Waals surface area (Å²) in [7, 11) is 1.55. The van der Waals surface area contributed by atoms with Crippen LogP contribution in [0.2, 0.25) is 0 Å². The molecule has 1 N–H and O–H groups in total. The van der Waals surface area contributed by atoms with Gasteiger partial charge in [-0.3, -0.25) is 9.59 Å². The molecule has 0 aliphatic heterocycles. The van der Waals surface area contributed by atoms with Gasteiger partial charge in [0.05, 0.1) is 22.4 Å². The van der Waals surface area contributed by atoms with Gasteiger partial charge in [-0.25, -0.2) is 0 Å². The number of hydrogen-bond acceptors (Lipinski definition) is 2. The monoisotopic (exact) mass is 490 g/mol. The zero-order valence-corrected chi connectivity index (χ0v) is 18.0. The predicted octanol–water partition coefficient (Wildman–Crippen LogP) is 5.99. The standard InChI is InChI=1S/C23H18BrF3N2O2/c1-29(14-15-10-12-16(13-11-15)23(25,26)27)22(31)18-7-3-5-9-20(18)28-21(30)17-6-2-4-8-19(17)24/h2-13H,14H2,1H3,(H,28,30). The van der Waals surface area contributed by atoms with Crippen LogP contribution in [0.5, 0.6) is 0 Å². The number of rotatable bonds is 5. The van der Waals surface area contributed by atoms with Crippen molar-refractivity contribution in [1.82, 2.24) is 4.90 Å². The Hall–Kier alpha value is -3.13. The maximum atomic E-state index is 13.0. The third-order valence-electron chi connectivity index (χ3n) is 4.57. The Morgan fingerprint density at radius 3 is 2.10 bits per heavy atom. The normalized spacial score (nSPS) is 11.1. The predicted molar refractivity (Wildman–Crippen MR) is 116 cm³/mol. The molecule has 0 saturated carbocycles. The third kappa shape index (κ3) is 5.52. The van der Waals surface area contributed by atoms with E-state index in [0.29, 0.717) is 21.3 Å². The van der Waals surface area contributed by atoms with Gasteiger partial charge in [0.25, 0.3) is 11.8 Å². The summed E-state index contributed by atoms with van der Waals surface area (Å²) >= 11 is 3.33. The van der Waals surface area contributed by atoms with Crippen LogP contribution in [0.15, 0.2) is 77.3 Å². The fourth-order valence-corrected chi connectivity index (χ4v) is 3.43. The molecule has 2 amide bonds. The molecule has 0 aliphatic carbocycles. The highest BCUT2D eigenvalue weighted by Gasteiger charge is 2.30. The van der Waals surface area contributed by atoms with Crippen molar-refractivity contribution < 1.29 is 22.8 Å². The second-order valence-corrected chi connectivity index (χ2v) is 7.69. The second kappa shape index (κ2) is 9.34. The van der Waals surface area contributed by atoms with E-state index in [4.69, 9.17) is 0 Å². The number of para-hydroxylation sites is 1. The van der Waals surface area contributed by atoms with Gasteiger partial charge in [0, 0.05) is 18.1 Å². The average Bonchev–Trinajstić information content (AvgIpc) is 2.73. The summed E-state index contributed by atoms with van der Waals surface area (Å²) < 4.78 is 38.8. The largest absolute Gasteiger partial charge is 0.416 e. The number of carbonyl (C=O) groups is 2. The van der Waals surface area contributed by atoms with Gasteiger partial charge in [0.2, 0.25) is 0 Å². The molecule has 0 aromatic heterocycles. The van der Waals surface area contributed by atoms with Gasteiger partial charge >= 0.3 is 6.18 Å². The van der Waals surface area contributed by atoms with Crippen LogP contribution in [0.4, 0.5) is 18.9 Å². The van der Waals surface area contributed by atoms with E-state index in [0.717, 1.165) is 12.1 Å². The minimum Gasteiger partial charge on any atom is -0.337 e. The highest BCUT2D eigenvalue weighted by molar-refractivity contribution is 9.10. The number of nitrogens with one attached hydrogen (secondary N) is 1. The zero-order valence-electron chi connectivity index (χ0n) is 16.4. The van der Waals surface area contributed by atoms with Crippen molar-refractivity contribution in [2.24, 2.45) is 0 Å². The summed E-state index contributed by atoms with van der Waals surface area (Å²) in [5.74, 6) is -0.749.